The van der Waals surface area contributed by atoms with Crippen LogP contribution < -0.4 is 5.32 Å². The zero-order valence-corrected chi connectivity index (χ0v) is 11.3. The van der Waals surface area contributed by atoms with Crippen molar-refractivity contribution in [3.05, 3.63) is 58.2 Å². The highest BCUT2D eigenvalue weighted by Crippen LogP contribution is 2.17. The third-order valence-corrected chi connectivity index (χ3v) is 3.05. The number of benzene rings is 1. The number of amides is 1. The molecule has 2 N–H and O–H groups in total. The minimum absolute atomic E-state index is 0.130. The fraction of sp³-hybridized carbons (Fsp3) is 0.0714. The lowest BCUT2D eigenvalue weighted by Crippen LogP contribution is -2.14. The first kappa shape index (κ1) is 14.0. The number of pyridine rings is 1. The Morgan fingerprint density at radius 2 is 2.00 bits per heavy atom. The number of hydrogen-bond acceptors (Lipinski definition) is 3. The fourth-order valence-electron chi connectivity index (χ4n) is 1.60. The van der Waals surface area contributed by atoms with E-state index >= 15 is 0 Å². The molecule has 1 amide bonds. The molecule has 6 heteroatoms. The van der Waals surface area contributed by atoms with Crippen LogP contribution >= 0.6 is 11.6 Å². The number of nitrogens with zero attached hydrogens (tertiary/aromatic N) is 1. The van der Waals surface area contributed by atoms with E-state index in [4.69, 9.17) is 16.7 Å². The lowest BCUT2D eigenvalue weighted by molar-refractivity contribution is 0.0690. The molecular formula is C14H11ClN2O3. The van der Waals surface area contributed by atoms with Gasteiger partial charge in [-0.15, -0.1) is 0 Å². The van der Waals surface area contributed by atoms with Crippen LogP contribution in [0.25, 0.3) is 0 Å². The molecule has 0 spiro atoms. The van der Waals surface area contributed by atoms with E-state index in [1.807, 2.05) is 0 Å². The molecule has 0 saturated heterocycles. The second kappa shape index (κ2) is 5.71. The standard InChI is InChI=1S/C14H11ClN2O3/c1-8-7-9(5-6-10(8)15)13(18)17-12-4-2-3-11(16-12)14(19)20/h2-7H,1H3,(H,19,20)(H,16,17,18). The van der Waals surface area contributed by atoms with Gasteiger partial charge in [0.15, 0.2) is 5.69 Å². The first-order valence-corrected chi connectivity index (χ1v) is 6.13. The van der Waals surface area contributed by atoms with Crippen LogP contribution in [0.1, 0.15) is 26.4 Å². The number of carbonyl (C=O) groups excluding carboxylic acids is 1. The van der Waals surface area contributed by atoms with Crippen molar-refractivity contribution < 1.29 is 14.7 Å². The van der Waals surface area contributed by atoms with Gasteiger partial charge in [-0.25, -0.2) is 9.78 Å². The first-order valence-electron chi connectivity index (χ1n) is 5.75. The van der Waals surface area contributed by atoms with Gasteiger partial charge in [-0.1, -0.05) is 17.7 Å². The highest BCUT2D eigenvalue weighted by Gasteiger charge is 2.10. The van der Waals surface area contributed by atoms with Crippen LogP contribution in [0.5, 0.6) is 0 Å². The summed E-state index contributed by atoms with van der Waals surface area (Å²) in [5.41, 5.74) is 1.08. The van der Waals surface area contributed by atoms with E-state index in [0.29, 0.717) is 10.6 Å². The van der Waals surface area contributed by atoms with Crippen molar-refractivity contribution in [3.8, 4) is 0 Å². The topological polar surface area (TPSA) is 79.3 Å². The molecule has 0 unspecified atom stereocenters. The Labute approximate surface area is 120 Å². The number of aryl methyl sites for hydroxylation is 1. The average Bonchev–Trinajstić information content (AvgIpc) is 2.42. The normalized spacial score (nSPS) is 10.1. The van der Waals surface area contributed by atoms with E-state index in [1.54, 1.807) is 25.1 Å². The van der Waals surface area contributed by atoms with Crippen molar-refractivity contribution >= 4 is 29.3 Å². The Bertz CT molecular complexity index is 686. The molecule has 0 aliphatic carbocycles. The minimum Gasteiger partial charge on any atom is -0.477 e. The largest absolute Gasteiger partial charge is 0.477 e. The number of hydrogen-bond donors (Lipinski definition) is 2. The summed E-state index contributed by atoms with van der Waals surface area (Å²) < 4.78 is 0. The summed E-state index contributed by atoms with van der Waals surface area (Å²) in [7, 11) is 0. The monoisotopic (exact) mass is 290 g/mol. The highest BCUT2D eigenvalue weighted by atomic mass is 35.5. The number of aromatic nitrogens is 1. The van der Waals surface area contributed by atoms with Gasteiger partial charge in [-0.05, 0) is 42.8 Å². The molecule has 2 rings (SSSR count). The van der Waals surface area contributed by atoms with Gasteiger partial charge in [0.2, 0.25) is 0 Å². The number of rotatable bonds is 3. The van der Waals surface area contributed by atoms with Crippen LogP contribution in [-0.4, -0.2) is 22.0 Å². The number of nitrogens with one attached hydrogen (secondary N) is 1. The Morgan fingerprint density at radius 1 is 1.25 bits per heavy atom. The molecule has 20 heavy (non-hydrogen) atoms. The van der Waals surface area contributed by atoms with Crippen LogP contribution in [0.2, 0.25) is 5.02 Å². The van der Waals surface area contributed by atoms with Crippen LogP contribution in [0, 0.1) is 6.92 Å². The lowest BCUT2D eigenvalue weighted by Gasteiger charge is -2.06. The number of aromatic carboxylic acids is 1. The van der Waals surface area contributed by atoms with Crippen LogP contribution in [0.15, 0.2) is 36.4 Å². The van der Waals surface area contributed by atoms with Crippen molar-refractivity contribution in [3.63, 3.8) is 0 Å². The number of carboxylic acids is 1. The van der Waals surface area contributed by atoms with Gasteiger partial charge in [0.25, 0.3) is 5.91 Å². The number of anilines is 1. The lowest BCUT2D eigenvalue weighted by atomic mass is 10.1. The molecule has 0 bridgehead atoms. The van der Waals surface area contributed by atoms with E-state index < -0.39 is 5.97 Å². The minimum atomic E-state index is -1.15. The van der Waals surface area contributed by atoms with E-state index in [-0.39, 0.29) is 17.4 Å². The molecule has 0 saturated carbocycles. The Balaban J connectivity index is 2.21. The molecule has 0 aliphatic heterocycles. The summed E-state index contributed by atoms with van der Waals surface area (Å²) in [6.45, 7) is 1.79. The van der Waals surface area contributed by atoms with Crippen molar-refractivity contribution in [2.75, 3.05) is 5.32 Å². The molecule has 0 radical (unpaired) electrons. The predicted octanol–water partition coefficient (Wildman–Crippen LogP) is 2.99. The summed E-state index contributed by atoms with van der Waals surface area (Å²) in [5.74, 6) is -1.34. The molecule has 0 atom stereocenters. The van der Waals surface area contributed by atoms with Crippen molar-refractivity contribution in [1.82, 2.24) is 4.98 Å². The van der Waals surface area contributed by atoms with Crippen LogP contribution in [-0.2, 0) is 0 Å². The van der Waals surface area contributed by atoms with E-state index in [2.05, 4.69) is 10.3 Å². The van der Waals surface area contributed by atoms with Gasteiger partial charge in [0, 0.05) is 10.6 Å². The molecule has 5 nitrogen and oxygen atoms in total. The van der Waals surface area contributed by atoms with Crippen LogP contribution in [0.4, 0.5) is 5.82 Å². The second-order valence-electron chi connectivity index (χ2n) is 4.13. The summed E-state index contributed by atoms with van der Waals surface area (Å²) >= 11 is 5.89. The summed E-state index contributed by atoms with van der Waals surface area (Å²) in [6.07, 6.45) is 0. The maximum absolute atomic E-state index is 12.0. The van der Waals surface area contributed by atoms with Gasteiger partial charge in [-0.2, -0.15) is 0 Å². The smallest absolute Gasteiger partial charge is 0.354 e. The SMILES string of the molecule is Cc1cc(C(=O)Nc2cccc(C(=O)O)n2)ccc1Cl. The van der Waals surface area contributed by atoms with E-state index in [9.17, 15) is 9.59 Å². The van der Waals surface area contributed by atoms with E-state index in [0.717, 1.165) is 5.56 Å². The molecule has 2 aromatic rings. The fourth-order valence-corrected chi connectivity index (χ4v) is 1.72. The predicted molar refractivity (Wildman–Crippen MR) is 75.3 cm³/mol. The van der Waals surface area contributed by atoms with Crippen molar-refractivity contribution in [2.45, 2.75) is 6.92 Å². The first-order chi connectivity index (χ1) is 9.47. The number of halogens is 1. The molecule has 0 aliphatic rings. The molecule has 1 heterocycles. The summed E-state index contributed by atoms with van der Waals surface area (Å²) in [4.78, 5) is 26.6. The second-order valence-corrected chi connectivity index (χ2v) is 4.54. The quantitative estimate of drug-likeness (QED) is 0.911. The van der Waals surface area contributed by atoms with Gasteiger partial charge in [-0.3, -0.25) is 4.79 Å². The zero-order valence-electron chi connectivity index (χ0n) is 10.6. The molecule has 0 fully saturated rings. The third-order valence-electron chi connectivity index (χ3n) is 2.63. The Hall–Kier alpha value is -2.40. The van der Waals surface area contributed by atoms with Crippen molar-refractivity contribution in [2.24, 2.45) is 0 Å². The molecular weight excluding hydrogens is 280 g/mol. The van der Waals surface area contributed by atoms with Crippen LogP contribution in [0.3, 0.4) is 0 Å². The Kier molecular flexibility index (Phi) is 4.00. The number of carboxylic acid groups (broad SMARTS) is 1. The van der Waals surface area contributed by atoms with Gasteiger partial charge < -0.3 is 10.4 Å². The highest BCUT2D eigenvalue weighted by molar-refractivity contribution is 6.31. The van der Waals surface area contributed by atoms with Gasteiger partial charge in [0.05, 0.1) is 0 Å². The van der Waals surface area contributed by atoms with Gasteiger partial charge in [0.1, 0.15) is 5.82 Å². The molecule has 1 aromatic carbocycles. The molecule has 1 aromatic heterocycles. The average molecular weight is 291 g/mol. The summed E-state index contributed by atoms with van der Waals surface area (Å²) in [6, 6.07) is 9.26. The maximum atomic E-state index is 12.0. The van der Waals surface area contributed by atoms with E-state index in [1.165, 1.54) is 18.2 Å². The summed E-state index contributed by atoms with van der Waals surface area (Å²) in [5, 5.41) is 12.0. The van der Waals surface area contributed by atoms with Gasteiger partial charge >= 0.3 is 5.97 Å². The third kappa shape index (κ3) is 3.13. The Morgan fingerprint density at radius 3 is 2.65 bits per heavy atom. The zero-order chi connectivity index (χ0) is 14.7. The maximum Gasteiger partial charge on any atom is 0.354 e. The number of carbonyl (C=O) groups is 2. The van der Waals surface area contributed by atoms with Crippen molar-refractivity contribution in [1.29, 1.82) is 0 Å². The molecule has 102 valence electrons.